The molecule has 1 heterocycles. The van der Waals surface area contributed by atoms with Crippen LogP contribution in [0.15, 0.2) is 36.4 Å². The summed E-state index contributed by atoms with van der Waals surface area (Å²) >= 11 is 0. The molecule has 0 aliphatic carbocycles. The van der Waals surface area contributed by atoms with Gasteiger partial charge in [-0.2, -0.15) is 0 Å². The standard InChI is InChI=1S/C18H17NO4/c1-11-5-4-6-12(7-11)10-19-17(20)14-8-13(22-2)9-15(23-3)16(14)18(19)21/h4-9H,10H2,1-3H3. The molecule has 0 N–H and O–H groups in total. The molecule has 2 aromatic carbocycles. The monoisotopic (exact) mass is 311 g/mol. The lowest BCUT2D eigenvalue weighted by Crippen LogP contribution is -2.29. The van der Waals surface area contributed by atoms with Crippen molar-refractivity contribution in [3.05, 3.63) is 58.7 Å². The second-order valence-corrected chi connectivity index (χ2v) is 5.44. The maximum atomic E-state index is 12.7. The van der Waals surface area contributed by atoms with Crippen LogP contribution >= 0.6 is 0 Å². The van der Waals surface area contributed by atoms with E-state index in [1.807, 2.05) is 31.2 Å². The fourth-order valence-corrected chi connectivity index (χ4v) is 2.77. The number of rotatable bonds is 4. The van der Waals surface area contributed by atoms with E-state index in [2.05, 4.69) is 0 Å². The van der Waals surface area contributed by atoms with Crippen LogP contribution in [0.1, 0.15) is 31.8 Å². The minimum atomic E-state index is -0.342. The van der Waals surface area contributed by atoms with Crippen LogP contribution < -0.4 is 9.47 Å². The van der Waals surface area contributed by atoms with E-state index in [-0.39, 0.29) is 18.4 Å². The molecule has 5 nitrogen and oxygen atoms in total. The Hall–Kier alpha value is -2.82. The number of carbonyl (C=O) groups is 2. The van der Waals surface area contributed by atoms with Crippen LogP contribution in [0.2, 0.25) is 0 Å². The minimum Gasteiger partial charge on any atom is -0.497 e. The third kappa shape index (κ3) is 2.54. The molecule has 0 unspecified atom stereocenters. The zero-order chi connectivity index (χ0) is 16.6. The lowest BCUT2D eigenvalue weighted by molar-refractivity contribution is 0.0641. The van der Waals surface area contributed by atoms with Crippen molar-refractivity contribution in [1.82, 2.24) is 4.90 Å². The zero-order valence-corrected chi connectivity index (χ0v) is 13.3. The Labute approximate surface area is 134 Å². The van der Waals surface area contributed by atoms with Crippen molar-refractivity contribution in [2.24, 2.45) is 0 Å². The summed E-state index contributed by atoms with van der Waals surface area (Å²) in [6, 6.07) is 10.9. The van der Waals surface area contributed by atoms with Crippen LogP contribution in [0, 0.1) is 6.92 Å². The number of amides is 2. The minimum absolute atomic E-state index is 0.236. The van der Waals surface area contributed by atoms with Gasteiger partial charge in [0, 0.05) is 6.07 Å². The van der Waals surface area contributed by atoms with E-state index in [9.17, 15) is 9.59 Å². The van der Waals surface area contributed by atoms with Crippen molar-refractivity contribution < 1.29 is 19.1 Å². The summed E-state index contributed by atoms with van der Waals surface area (Å²) in [6.45, 7) is 2.21. The Morgan fingerprint density at radius 1 is 1.00 bits per heavy atom. The number of nitrogens with zero attached hydrogens (tertiary/aromatic N) is 1. The van der Waals surface area contributed by atoms with Crippen molar-refractivity contribution in [3.63, 3.8) is 0 Å². The summed E-state index contributed by atoms with van der Waals surface area (Å²) in [5, 5.41) is 0. The lowest BCUT2D eigenvalue weighted by atomic mass is 10.1. The van der Waals surface area contributed by atoms with Crippen LogP contribution in [-0.4, -0.2) is 30.9 Å². The van der Waals surface area contributed by atoms with Gasteiger partial charge < -0.3 is 9.47 Å². The summed E-state index contributed by atoms with van der Waals surface area (Å²) in [4.78, 5) is 26.5. The molecule has 118 valence electrons. The Kier molecular flexibility index (Phi) is 3.78. The number of imide groups is 1. The van der Waals surface area contributed by atoms with Crippen LogP contribution in [0.4, 0.5) is 0 Å². The van der Waals surface area contributed by atoms with Gasteiger partial charge in [0.1, 0.15) is 11.5 Å². The Morgan fingerprint density at radius 2 is 1.78 bits per heavy atom. The molecule has 0 aromatic heterocycles. The highest BCUT2D eigenvalue weighted by molar-refractivity contribution is 6.22. The highest BCUT2D eigenvalue weighted by Gasteiger charge is 2.38. The lowest BCUT2D eigenvalue weighted by Gasteiger charge is -2.14. The summed E-state index contributed by atoms with van der Waals surface area (Å²) in [7, 11) is 2.98. The predicted octanol–water partition coefficient (Wildman–Crippen LogP) is 2.81. The number of hydrogen-bond donors (Lipinski definition) is 0. The van der Waals surface area contributed by atoms with Gasteiger partial charge in [-0.15, -0.1) is 0 Å². The van der Waals surface area contributed by atoms with Gasteiger partial charge in [0.05, 0.1) is 31.9 Å². The molecule has 0 saturated carbocycles. The molecular formula is C18H17NO4. The molecule has 0 saturated heterocycles. The molecule has 0 bridgehead atoms. The average molecular weight is 311 g/mol. The number of benzene rings is 2. The van der Waals surface area contributed by atoms with Gasteiger partial charge in [0.2, 0.25) is 0 Å². The summed E-state index contributed by atoms with van der Waals surface area (Å²) in [5.41, 5.74) is 2.61. The van der Waals surface area contributed by atoms with Gasteiger partial charge in [0.15, 0.2) is 0 Å². The van der Waals surface area contributed by atoms with Gasteiger partial charge in [-0.05, 0) is 18.6 Å². The normalized spacial score (nSPS) is 13.3. The van der Waals surface area contributed by atoms with Gasteiger partial charge in [-0.1, -0.05) is 29.8 Å². The van der Waals surface area contributed by atoms with Crippen LogP contribution in [0.25, 0.3) is 0 Å². The number of carbonyl (C=O) groups excluding carboxylic acids is 2. The second-order valence-electron chi connectivity index (χ2n) is 5.44. The molecule has 5 heteroatoms. The van der Waals surface area contributed by atoms with Crippen molar-refractivity contribution in [1.29, 1.82) is 0 Å². The molecule has 0 atom stereocenters. The molecule has 3 rings (SSSR count). The van der Waals surface area contributed by atoms with E-state index in [1.54, 1.807) is 12.1 Å². The fraction of sp³-hybridized carbons (Fsp3) is 0.222. The first-order valence-corrected chi connectivity index (χ1v) is 7.23. The SMILES string of the molecule is COc1cc(OC)c2c(c1)C(=O)N(Cc1cccc(C)c1)C2=O. The maximum Gasteiger partial charge on any atom is 0.265 e. The highest BCUT2D eigenvalue weighted by atomic mass is 16.5. The van der Waals surface area contributed by atoms with E-state index in [0.717, 1.165) is 11.1 Å². The van der Waals surface area contributed by atoms with Crippen LogP contribution in [0.3, 0.4) is 0 Å². The van der Waals surface area contributed by atoms with Gasteiger partial charge in [-0.3, -0.25) is 14.5 Å². The topological polar surface area (TPSA) is 55.8 Å². The molecule has 2 amide bonds. The van der Waals surface area contributed by atoms with Gasteiger partial charge in [-0.25, -0.2) is 0 Å². The molecular weight excluding hydrogens is 294 g/mol. The predicted molar refractivity (Wildman–Crippen MR) is 84.9 cm³/mol. The number of aryl methyl sites for hydroxylation is 1. The molecule has 0 fully saturated rings. The first-order chi connectivity index (χ1) is 11.0. The molecule has 2 aromatic rings. The smallest absolute Gasteiger partial charge is 0.265 e. The summed E-state index contributed by atoms with van der Waals surface area (Å²) in [5.74, 6) is 0.165. The van der Waals surface area contributed by atoms with Crippen molar-refractivity contribution in [3.8, 4) is 11.5 Å². The molecule has 1 aliphatic rings. The number of methoxy groups -OCH3 is 2. The van der Waals surface area contributed by atoms with Gasteiger partial charge >= 0.3 is 0 Å². The average Bonchev–Trinajstić information content (AvgIpc) is 2.79. The number of ether oxygens (including phenoxy) is 2. The highest BCUT2D eigenvalue weighted by Crippen LogP contribution is 2.35. The summed E-state index contributed by atoms with van der Waals surface area (Å²) in [6.07, 6.45) is 0. The van der Waals surface area contributed by atoms with Crippen LogP contribution in [0.5, 0.6) is 11.5 Å². The van der Waals surface area contributed by atoms with E-state index < -0.39 is 0 Å². The zero-order valence-electron chi connectivity index (χ0n) is 13.3. The second kappa shape index (κ2) is 5.76. The molecule has 0 radical (unpaired) electrons. The van der Waals surface area contributed by atoms with Crippen molar-refractivity contribution in [2.45, 2.75) is 13.5 Å². The molecule has 1 aliphatic heterocycles. The fourth-order valence-electron chi connectivity index (χ4n) is 2.77. The Bertz CT molecular complexity index is 798. The summed E-state index contributed by atoms with van der Waals surface area (Å²) < 4.78 is 10.4. The first-order valence-electron chi connectivity index (χ1n) is 7.23. The third-order valence-corrected chi connectivity index (χ3v) is 3.89. The van der Waals surface area contributed by atoms with E-state index in [0.29, 0.717) is 22.6 Å². The number of hydrogen-bond acceptors (Lipinski definition) is 4. The first kappa shape index (κ1) is 15.1. The molecule has 23 heavy (non-hydrogen) atoms. The van der Waals surface area contributed by atoms with Gasteiger partial charge in [0.25, 0.3) is 11.8 Å². The van der Waals surface area contributed by atoms with Crippen LogP contribution in [-0.2, 0) is 6.54 Å². The van der Waals surface area contributed by atoms with Crippen molar-refractivity contribution in [2.75, 3.05) is 14.2 Å². The van der Waals surface area contributed by atoms with Crippen molar-refractivity contribution >= 4 is 11.8 Å². The Balaban J connectivity index is 2.00. The maximum absolute atomic E-state index is 12.7. The van der Waals surface area contributed by atoms with E-state index in [1.165, 1.54) is 19.1 Å². The third-order valence-electron chi connectivity index (χ3n) is 3.89. The molecule has 0 spiro atoms. The Morgan fingerprint density at radius 3 is 2.43 bits per heavy atom. The van der Waals surface area contributed by atoms with E-state index >= 15 is 0 Å². The number of fused-ring (bicyclic) bond motifs is 1. The quantitative estimate of drug-likeness (QED) is 0.815. The largest absolute Gasteiger partial charge is 0.497 e. The van der Waals surface area contributed by atoms with E-state index in [4.69, 9.17) is 9.47 Å².